The van der Waals surface area contributed by atoms with Crippen LogP contribution in [0.4, 0.5) is 5.69 Å². The number of aromatic carboxylic acids is 1. The highest BCUT2D eigenvalue weighted by Crippen LogP contribution is 2.26. The Balaban J connectivity index is 2.42. The van der Waals surface area contributed by atoms with Gasteiger partial charge in [-0.15, -0.1) is 0 Å². The van der Waals surface area contributed by atoms with Gasteiger partial charge in [-0.2, -0.15) is 15.6 Å². The van der Waals surface area contributed by atoms with Gasteiger partial charge in [-0.1, -0.05) is 35.9 Å². The van der Waals surface area contributed by atoms with Crippen LogP contribution in [0.25, 0.3) is 11.1 Å². The maximum atomic E-state index is 11.4. The van der Waals surface area contributed by atoms with E-state index in [1.165, 1.54) is 6.07 Å². The third-order valence-corrected chi connectivity index (χ3v) is 3.13. The minimum atomic E-state index is -1.13. The Morgan fingerprint density at radius 2 is 1.70 bits per heavy atom. The second-order valence-corrected chi connectivity index (χ2v) is 4.73. The molecule has 2 aromatic rings. The molecule has 0 aromatic heterocycles. The molecule has 2 aromatic carbocycles. The molecule has 0 fully saturated rings. The van der Waals surface area contributed by atoms with Crippen molar-refractivity contribution in [1.29, 1.82) is 10.5 Å². The maximum Gasteiger partial charge on any atom is 0.337 e. The second kappa shape index (κ2) is 6.88. The first-order valence-corrected chi connectivity index (χ1v) is 6.63. The molecule has 112 valence electrons. The molecule has 0 amide bonds. The van der Waals surface area contributed by atoms with Crippen LogP contribution in [-0.2, 0) is 0 Å². The zero-order chi connectivity index (χ0) is 16.8. The van der Waals surface area contributed by atoms with E-state index in [1.54, 1.807) is 24.3 Å². The lowest BCUT2D eigenvalue weighted by Crippen LogP contribution is -2.04. The lowest BCUT2D eigenvalue weighted by atomic mass is 10.0. The molecule has 0 aliphatic rings. The topological polar surface area (TPSA) is 109 Å². The number of hydrogen-bond acceptors (Lipinski definition) is 5. The van der Waals surface area contributed by atoms with Crippen molar-refractivity contribution < 1.29 is 9.90 Å². The highest BCUT2D eigenvalue weighted by Gasteiger charge is 2.12. The van der Waals surface area contributed by atoms with E-state index in [2.05, 4.69) is 10.5 Å². The van der Waals surface area contributed by atoms with Gasteiger partial charge in [-0.05, 0) is 30.2 Å². The molecule has 0 atom stereocenters. The van der Waals surface area contributed by atoms with E-state index < -0.39 is 5.97 Å². The van der Waals surface area contributed by atoms with Crippen LogP contribution in [0.15, 0.2) is 47.6 Å². The van der Waals surface area contributed by atoms with Gasteiger partial charge >= 0.3 is 5.97 Å². The summed E-state index contributed by atoms with van der Waals surface area (Å²) in [5.74, 6) is -1.13. The fraction of sp³-hybridized carbons (Fsp3) is 0.0588. The van der Waals surface area contributed by atoms with Gasteiger partial charge in [-0.25, -0.2) is 4.79 Å². The summed E-state index contributed by atoms with van der Waals surface area (Å²) in [5, 5.41) is 30.2. The van der Waals surface area contributed by atoms with Gasteiger partial charge in [0.15, 0.2) is 0 Å². The Morgan fingerprint density at radius 1 is 1.09 bits per heavy atom. The standard InChI is InChI=1S/C17H12N4O2/c1-11-2-4-12(5-3-11)13-6-7-16(15(8-13)17(22)23)21-20-14(9-18)10-19/h2-8,21H,1H3,(H,22,23). The average Bonchev–Trinajstić information content (AvgIpc) is 2.56. The summed E-state index contributed by atoms with van der Waals surface area (Å²) in [4.78, 5) is 11.4. The quantitative estimate of drug-likeness (QED) is 0.666. The summed E-state index contributed by atoms with van der Waals surface area (Å²) >= 11 is 0. The van der Waals surface area contributed by atoms with Crippen molar-refractivity contribution in [2.24, 2.45) is 5.10 Å². The molecule has 0 bridgehead atoms. The Labute approximate surface area is 132 Å². The van der Waals surface area contributed by atoms with E-state index in [0.29, 0.717) is 0 Å². The highest BCUT2D eigenvalue weighted by molar-refractivity contribution is 6.10. The van der Waals surface area contributed by atoms with Gasteiger partial charge < -0.3 is 5.11 Å². The zero-order valence-electron chi connectivity index (χ0n) is 12.2. The Bertz CT molecular complexity index is 840. The van der Waals surface area contributed by atoms with Gasteiger partial charge in [0.05, 0.1) is 11.3 Å². The van der Waals surface area contributed by atoms with Gasteiger partial charge in [-0.3, -0.25) is 5.43 Å². The van der Waals surface area contributed by atoms with E-state index in [9.17, 15) is 9.90 Å². The van der Waals surface area contributed by atoms with E-state index in [-0.39, 0.29) is 17.0 Å². The summed E-state index contributed by atoms with van der Waals surface area (Å²) < 4.78 is 0. The minimum absolute atomic E-state index is 0.00190. The van der Waals surface area contributed by atoms with E-state index in [1.807, 2.05) is 31.2 Å². The number of rotatable bonds is 4. The summed E-state index contributed by atoms with van der Waals surface area (Å²) in [6, 6.07) is 15.7. The third kappa shape index (κ3) is 3.72. The number of hydrazone groups is 1. The number of nitriles is 2. The first-order valence-electron chi connectivity index (χ1n) is 6.63. The number of carbonyl (C=O) groups is 1. The van der Waals surface area contributed by atoms with E-state index >= 15 is 0 Å². The fourth-order valence-corrected chi connectivity index (χ4v) is 1.94. The molecule has 0 unspecified atom stereocenters. The predicted octanol–water partition coefficient (Wildman–Crippen LogP) is 3.18. The number of nitrogens with zero attached hydrogens (tertiary/aromatic N) is 3. The molecule has 2 N–H and O–H groups in total. The third-order valence-electron chi connectivity index (χ3n) is 3.13. The average molecular weight is 304 g/mol. The molecule has 2 rings (SSSR count). The van der Waals surface area contributed by atoms with Gasteiger partial charge in [0.25, 0.3) is 0 Å². The van der Waals surface area contributed by atoms with Crippen LogP contribution in [0.3, 0.4) is 0 Å². The second-order valence-electron chi connectivity index (χ2n) is 4.73. The summed E-state index contributed by atoms with van der Waals surface area (Å²) in [6.45, 7) is 1.97. The van der Waals surface area contributed by atoms with Crippen LogP contribution in [0, 0.1) is 29.6 Å². The predicted molar refractivity (Wildman–Crippen MR) is 85.9 cm³/mol. The molecule has 0 aliphatic carbocycles. The van der Waals surface area contributed by atoms with Crippen molar-refractivity contribution in [2.75, 3.05) is 5.43 Å². The summed E-state index contributed by atoms with van der Waals surface area (Å²) in [7, 11) is 0. The number of nitrogens with one attached hydrogen (secondary N) is 1. The van der Waals surface area contributed by atoms with Crippen molar-refractivity contribution in [2.45, 2.75) is 6.92 Å². The minimum Gasteiger partial charge on any atom is -0.478 e. The molecule has 23 heavy (non-hydrogen) atoms. The normalized spacial score (nSPS) is 9.35. The molecular weight excluding hydrogens is 292 g/mol. The smallest absolute Gasteiger partial charge is 0.337 e. The van der Waals surface area contributed by atoms with Crippen LogP contribution in [0.5, 0.6) is 0 Å². The number of aryl methyl sites for hydroxylation is 1. The zero-order valence-corrected chi connectivity index (χ0v) is 12.2. The van der Waals surface area contributed by atoms with Crippen LogP contribution in [0.2, 0.25) is 0 Å². The number of hydrogen-bond donors (Lipinski definition) is 2. The first-order chi connectivity index (χ1) is 11.0. The van der Waals surface area contributed by atoms with Crippen molar-refractivity contribution in [3.63, 3.8) is 0 Å². The highest BCUT2D eigenvalue weighted by atomic mass is 16.4. The lowest BCUT2D eigenvalue weighted by Gasteiger charge is -2.09. The van der Waals surface area contributed by atoms with Crippen molar-refractivity contribution in [1.82, 2.24) is 0 Å². The Hall–Kier alpha value is -3.64. The largest absolute Gasteiger partial charge is 0.478 e. The van der Waals surface area contributed by atoms with Crippen molar-refractivity contribution in [3.05, 3.63) is 53.6 Å². The van der Waals surface area contributed by atoms with Gasteiger partial charge in [0.2, 0.25) is 5.71 Å². The van der Waals surface area contributed by atoms with Gasteiger partial charge in [0, 0.05) is 0 Å². The fourth-order valence-electron chi connectivity index (χ4n) is 1.94. The van der Waals surface area contributed by atoms with E-state index in [4.69, 9.17) is 10.5 Å². The number of carboxylic acids is 1. The Kier molecular flexibility index (Phi) is 4.71. The van der Waals surface area contributed by atoms with Crippen molar-refractivity contribution >= 4 is 17.4 Å². The van der Waals surface area contributed by atoms with Crippen LogP contribution in [-0.4, -0.2) is 16.8 Å². The van der Waals surface area contributed by atoms with Crippen LogP contribution < -0.4 is 5.43 Å². The molecule has 0 saturated heterocycles. The molecular formula is C17H12N4O2. The molecule has 0 radical (unpaired) electrons. The Morgan fingerprint density at radius 3 is 2.26 bits per heavy atom. The molecule has 0 spiro atoms. The SMILES string of the molecule is Cc1ccc(-c2ccc(NN=C(C#N)C#N)c(C(=O)O)c2)cc1. The number of carboxylic acid groups (broad SMARTS) is 1. The van der Waals surface area contributed by atoms with Crippen LogP contribution in [0.1, 0.15) is 15.9 Å². The van der Waals surface area contributed by atoms with Crippen molar-refractivity contribution in [3.8, 4) is 23.3 Å². The monoisotopic (exact) mass is 304 g/mol. The molecule has 0 aliphatic heterocycles. The molecule has 6 heteroatoms. The molecule has 0 heterocycles. The van der Waals surface area contributed by atoms with E-state index in [0.717, 1.165) is 16.7 Å². The molecule has 6 nitrogen and oxygen atoms in total. The van der Waals surface area contributed by atoms with Crippen LogP contribution >= 0.6 is 0 Å². The molecule has 0 saturated carbocycles. The first kappa shape index (κ1) is 15.7. The number of anilines is 1. The lowest BCUT2D eigenvalue weighted by molar-refractivity contribution is 0.0698. The number of benzene rings is 2. The van der Waals surface area contributed by atoms with Gasteiger partial charge in [0.1, 0.15) is 12.1 Å². The summed E-state index contributed by atoms with van der Waals surface area (Å²) in [6.07, 6.45) is 0. The maximum absolute atomic E-state index is 11.4. The summed E-state index contributed by atoms with van der Waals surface area (Å²) in [5.41, 5.74) is 5.02.